The van der Waals surface area contributed by atoms with E-state index in [1.165, 1.54) is 0 Å². The van der Waals surface area contributed by atoms with E-state index in [1.54, 1.807) is 4.90 Å². The molecular formula is C13H23NO4. The standard InChI is InChI=1S/C13H23NO4/c1-12(2,3)18-11(16)14-10(9-15)8-13(14)4-6-17-7-5-13/h10,15H,4-9H2,1-3H3. The van der Waals surface area contributed by atoms with Crippen LogP contribution < -0.4 is 0 Å². The van der Waals surface area contributed by atoms with Gasteiger partial charge in [-0.2, -0.15) is 0 Å². The Labute approximate surface area is 108 Å². The van der Waals surface area contributed by atoms with Crippen LogP contribution >= 0.6 is 0 Å². The first kappa shape index (κ1) is 13.6. The minimum absolute atomic E-state index is 0.00184. The summed E-state index contributed by atoms with van der Waals surface area (Å²) in [5.74, 6) is 0. The molecule has 2 aliphatic heterocycles. The third kappa shape index (κ3) is 2.47. The zero-order chi connectivity index (χ0) is 13.4. The van der Waals surface area contributed by atoms with Crippen molar-refractivity contribution in [1.82, 2.24) is 4.90 Å². The lowest BCUT2D eigenvalue weighted by atomic mass is 9.73. The van der Waals surface area contributed by atoms with E-state index in [0.29, 0.717) is 13.2 Å². The molecule has 1 N–H and O–H groups in total. The molecule has 0 aliphatic carbocycles. The van der Waals surface area contributed by atoms with Crippen LogP contribution in [0, 0.1) is 0 Å². The van der Waals surface area contributed by atoms with Crippen molar-refractivity contribution >= 4 is 6.09 Å². The largest absolute Gasteiger partial charge is 0.444 e. The second kappa shape index (κ2) is 4.70. The summed E-state index contributed by atoms with van der Waals surface area (Å²) in [7, 11) is 0. The molecular weight excluding hydrogens is 234 g/mol. The van der Waals surface area contributed by atoms with E-state index in [4.69, 9.17) is 9.47 Å². The molecule has 0 saturated carbocycles. The average molecular weight is 257 g/mol. The van der Waals surface area contributed by atoms with Crippen molar-refractivity contribution in [2.24, 2.45) is 0 Å². The molecule has 0 aromatic carbocycles. The van der Waals surface area contributed by atoms with E-state index >= 15 is 0 Å². The highest BCUT2D eigenvalue weighted by Crippen LogP contribution is 2.44. The second-order valence-electron chi connectivity index (χ2n) is 6.23. The van der Waals surface area contributed by atoms with Crippen LogP contribution in [-0.2, 0) is 9.47 Å². The van der Waals surface area contributed by atoms with Crippen LogP contribution in [0.1, 0.15) is 40.0 Å². The molecule has 1 unspecified atom stereocenters. The van der Waals surface area contributed by atoms with Gasteiger partial charge in [-0.1, -0.05) is 0 Å². The first-order chi connectivity index (χ1) is 8.38. The van der Waals surface area contributed by atoms with E-state index < -0.39 is 5.60 Å². The van der Waals surface area contributed by atoms with Gasteiger partial charge in [0, 0.05) is 13.2 Å². The molecule has 1 amide bonds. The maximum atomic E-state index is 12.2. The van der Waals surface area contributed by atoms with E-state index in [9.17, 15) is 9.90 Å². The molecule has 2 fully saturated rings. The number of hydrogen-bond acceptors (Lipinski definition) is 4. The molecule has 1 spiro atoms. The molecule has 104 valence electrons. The summed E-state index contributed by atoms with van der Waals surface area (Å²) in [5.41, 5.74) is -0.646. The van der Waals surface area contributed by atoms with Gasteiger partial charge in [-0.15, -0.1) is 0 Å². The van der Waals surface area contributed by atoms with Crippen LogP contribution in [0.2, 0.25) is 0 Å². The number of carbonyl (C=O) groups excluding carboxylic acids is 1. The Kier molecular flexibility index (Phi) is 3.56. The Morgan fingerprint density at radius 1 is 1.44 bits per heavy atom. The van der Waals surface area contributed by atoms with Gasteiger partial charge in [0.1, 0.15) is 5.60 Å². The fourth-order valence-corrected chi connectivity index (χ4v) is 2.90. The van der Waals surface area contributed by atoms with Crippen LogP contribution in [0.3, 0.4) is 0 Å². The van der Waals surface area contributed by atoms with E-state index in [-0.39, 0.29) is 24.3 Å². The van der Waals surface area contributed by atoms with Gasteiger partial charge in [0.15, 0.2) is 0 Å². The first-order valence-corrected chi connectivity index (χ1v) is 6.59. The van der Waals surface area contributed by atoms with Crippen molar-refractivity contribution in [3.63, 3.8) is 0 Å². The number of likely N-dealkylation sites (tertiary alicyclic amines) is 1. The number of amides is 1. The van der Waals surface area contributed by atoms with Gasteiger partial charge >= 0.3 is 6.09 Å². The number of nitrogens with zero attached hydrogens (tertiary/aromatic N) is 1. The summed E-state index contributed by atoms with van der Waals surface area (Å²) in [4.78, 5) is 14.0. The van der Waals surface area contributed by atoms with E-state index in [1.807, 2.05) is 20.8 Å². The number of ether oxygens (including phenoxy) is 2. The molecule has 2 aliphatic rings. The molecule has 5 nitrogen and oxygen atoms in total. The summed E-state index contributed by atoms with van der Waals surface area (Å²) in [6.45, 7) is 6.93. The van der Waals surface area contributed by atoms with Crippen LogP contribution in [0.5, 0.6) is 0 Å². The van der Waals surface area contributed by atoms with Crippen molar-refractivity contribution in [3.8, 4) is 0 Å². The fraction of sp³-hybridized carbons (Fsp3) is 0.923. The van der Waals surface area contributed by atoms with Gasteiger partial charge in [-0.25, -0.2) is 4.79 Å². The Hall–Kier alpha value is -0.810. The monoisotopic (exact) mass is 257 g/mol. The Balaban J connectivity index is 2.08. The molecule has 0 aromatic rings. The predicted octanol–water partition coefficient (Wildman–Crippen LogP) is 1.54. The third-order valence-corrected chi connectivity index (χ3v) is 3.72. The molecule has 2 saturated heterocycles. The fourth-order valence-electron chi connectivity index (χ4n) is 2.90. The van der Waals surface area contributed by atoms with Crippen molar-refractivity contribution in [1.29, 1.82) is 0 Å². The molecule has 5 heteroatoms. The number of carbonyl (C=O) groups is 1. The van der Waals surface area contributed by atoms with Crippen molar-refractivity contribution in [3.05, 3.63) is 0 Å². The molecule has 0 aromatic heterocycles. The van der Waals surface area contributed by atoms with Gasteiger partial charge in [0.05, 0.1) is 18.2 Å². The second-order valence-corrected chi connectivity index (χ2v) is 6.23. The van der Waals surface area contributed by atoms with Crippen molar-refractivity contribution < 1.29 is 19.4 Å². The number of aliphatic hydroxyl groups excluding tert-OH is 1. The highest BCUT2D eigenvalue weighted by molar-refractivity contribution is 5.71. The smallest absolute Gasteiger partial charge is 0.411 e. The van der Waals surface area contributed by atoms with E-state index in [2.05, 4.69) is 0 Å². The minimum Gasteiger partial charge on any atom is -0.444 e. The van der Waals surface area contributed by atoms with Crippen molar-refractivity contribution in [2.75, 3.05) is 19.8 Å². The van der Waals surface area contributed by atoms with E-state index in [0.717, 1.165) is 19.3 Å². The zero-order valence-corrected chi connectivity index (χ0v) is 11.4. The first-order valence-electron chi connectivity index (χ1n) is 6.59. The molecule has 2 rings (SSSR count). The lowest BCUT2D eigenvalue weighted by molar-refractivity contribution is -0.133. The lowest BCUT2D eigenvalue weighted by Crippen LogP contribution is -2.70. The Bertz CT molecular complexity index is 317. The van der Waals surface area contributed by atoms with Crippen LogP contribution in [0.25, 0.3) is 0 Å². The van der Waals surface area contributed by atoms with Crippen LogP contribution in [-0.4, -0.2) is 53.1 Å². The molecule has 2 heterocycles. The maximum Gasteiger partial charge on any atom is 0.411 e. The zero-order valence-electron chi connectivity index (χ0n) is 11.4. The van der Waals surface area contributed by atoms with Gasteiger partial charge in [-0.3, -0.25) is 4.90 Å². The van der Waals surface area contributed by atoms with Gasteiger partial charge in [0.2, 0.25) is 0 Å². The Morgan fingerprint density at radius 2 is 2.06 bits per heavy atom. The van der Waals surface area contributed by atoms with Gasteiger partial charge in [-0.05, 0) is 40.0 Å². The predicted molar refractivity (Wildman–Crippen MR) is 66.3 cm³/mol. The molecule has 0 radical (unpaired) electrons. The summed E-state index contributed by atoms with van der Waals surface area (Å²) in [6.07, 6.45) is 2.21. The summed E-state index contributed by atoms with van der Waals surface area (Å²) >= 11 is 0. The summed E-state index contributed by atoms with van der Waals surface area (Å²) < 4.78 is 10.8. The quantitative estimate of drug-likeness (QED) is 0.774. The highest BCUT2D eigenvalue weighted by atomic mass is 16.6. The maximum absolute atomic E-state index is 12.2. The number of hydrogen-bond donors (Lipinski definition) is 1. The lowest BCUT2D eigenvalue weighted by Gasteiger charge is -2.58. The topological polar surface area (TPSA) is 59.0 Å². The number of aliphatic hydroxyl groups is 1. The van der Waals surface area contributed by atoms with Crippen molar-refractivity contribution in [2.45, 2.75) is 57.2 Å². The summed E-state index contributed by atoms with van der Waals surface area (Å²) in [5, 5.41) is 9.34. The average Bonchev–Trinajstić information content (AvgIpc) is 2.24. The molecule has 1 atom stereocenters. The molecule has 18 heavy (non-hydrogen) atoms. The SMILES string of the molecule is CC(C)(C)OC(=O)N1C(CO)CC12CCOCC2. The Morgan fingerprint density at radius 3 is 2.56 bits per heavy atom. The molecule has 0 bridgehead atoms. The minimum atomic E-state index is -0.501. The summed E-state index contributed by atoms with van der Waals surface area (Å²) in [6, 6.07) is -0.0991. The number of rotatable bonds is 1. The highest BCUT2D eigenvalue weighted by Gasteiger charge is 2.55. The normalized spacial score (nSPS) is 26.9. The van der Waals surface area contributed by atoms with Gasteiger partial charge in [0.25, 0.3) is 0 Å². The third-order valence-electron chi connectivity index (χ3n) is 3.72. The van der Waals surface area contributed by atoms with Gasteiger partial charge < -0.3 is 14.6 Å². The van der Waals surface area contributed by atoms with Crippen LogP contribution in [0.4, 0.5) is 4.79 Å². The van der Waals surface area contributed by atoms with Crippen LogP contribution in [0.15, 0.2) is 0 Å².